The number of anilines is 1. The number of carbonyl (C=O) groups excluding carboxylic acids is 2. The Morgan fingerprint density at radius 2 is 1.67 bits per heavy atom. The van der Waals surface area contributed by atoms with E-state index in [9.17, 15) is 9.59 Å². The Morgan fingerprint density at radius 3 is 2.29 bits per heavy atom. The highest BCUT2D eigenvalue weighted by molar-refractivity contribution is 5.93. The molecule has 0 spiro atoms. The van der Waals surface area contributed by atoms with E-state index in [0.717, 1.165) is 16.8 Å². The van der Waals surface area contributed by atoms with Crippen molar-refractivity contribution >= 4 is 17.5 Å². The maximum Gasteiger partial charge on any atom is 0.223 e. The van der Waals surface area contributed by atoms with Gasteiger partial charge in [0.2, 0.25) is 11.8 Å². The molecule has 1 atom stereocenters. The van der Waals surface area contributed by atoms with Crippen LogP contribution in [0.4, 0.5) is 5.69 Å². The molecule has 1 N–H and O–H groups in total. The van der Waals surface area contributed by atoms with E-state index in [1.54, 1.807) is 4.90 Å². The van der Waals surface area contributed by atoms with Gasteiger partial charge in [-0.15, -0.1) is 0 Å². The highest BCUT2D eigenvalue weighted by Crippen LogP contribution is 2.20. The van der Waals surface area contributed by atoms with Gasteiger partial charge >= 0.3 is 0 Å². The van der Waals surface area contributed by atoms with Gasteiger partial charge in [-0.25, -0.2) is 0 Å². The van der Waals surface area contributed by atoms with E-state index in [-0.39, 0.29) is 24.3 Å². The quantitative estimate of drug-likeness (QED) is 0.882. The van der Waals surface area contributed by atoms with Crippen molar-refractivity contribution in [3.63, 3.8) is 0 Å². The van der Waals surface area contributed by atoms with Gasteiger partial charge < -0.3 is 10.2 Å². The summed E-state index contributed by atoms with van der Waals surface area (Å²) in [5, 5.41) is 2.98. The lowest BCUT2D eigenvalue weighted by molar-refractivity contribution is -0.121. The Labute approximate surface area is 143 Å². The van der Waals surface area contributed by atoms with Crippen LogP contribution in [0.1, 0.15) is 37.4 Å². The monoisotopic (exact) mass is 324 g/mol. The van der Waals surface area contributed by atoms with Crippen molar-refractivity contribution in [3.8, 4) is 0 Å². The third-order valence-corrected chi connectivity index (χ3v) is 4.03. The second kappa shape index (κ2) is 8.29. The molecule has 0 aliphatic carbocycles. The number of hydrogen-bond acceptors (Lipinski definition) is 2. The molecule has 4 nitrogen and oxygen atoms in total. The van der Waals surface area contributed by atoms with Crippen LogP contribution in [-0.2, 0) is 9.59 Å². The minimum absolute atomic E-state index is 0.0528. The first-order valence-electron chi connectivity index (χ1n) is 8.17. The smallest absolute Gasteiger partial charge is 0.223 e. The molecule has 0 aliphatic heterocycles. The summed E-state index contributed by atoms with van der Waals surface area (Å²) in [4.78, 5) is 25.8. The summed E-state index contributed by atoms with van der Waals surface area (Å²) in [5.74, 6) is -0.126. The van der Waals surface area contributed by atoms with Crippen LogP contribution in [0, 0.1) is 6.92 Å². The zero-order valence-corrected chi connectivity index (χ0v) is 14.5. The van der Waals surface area contributed by atoms with Gasteiger partial charge in [-0.2, -0.15) is 0 Å². The molecule has 0 aliphatic rings. The molecule has 24 heavy (non-hydrogen) atoms. The number of amides is 2. The van der Waals surface area contributed by atoms with Crippen molar-refractivity contribution in [2.75, 3.05) is 11.4 Å². The summed E-state index contributed by atoms with van der Waals surface area (Å²) in [7, 11) is 0. The van der Waals surface area contributed by atoms with E-state index < -0.39 is 0 Å². The molecule has 126 valence electrons. The molecule has 0 heterocycles. The third kappa shape index (κ3) is 4.69. The van der Waals surface area contributed by atoms with Crippen LogP contribution in [0.2, 0.25) is 0 Å². The predicted molar refractivity (Wildman–Crippen MR) is 96.8 cm³/mol. The molecular formula is C20H24N2O2. The van der Waals surface area contributed by atoms with Crippen LogP contribution in [-0.4, -0.2) is 18.4 Å². The molecule has 1 unspecified atom stereocenters. The zero-order chi connectivity index (χ0) is 17.5. The average Bonchev–Trinajstić information content (AvgIpc) is 2.57. The van der Waals surface area contributed by atoms with Gasteiger partial charge in [-0.05, 0) is 31.0 Å². The van der Waals surface area contributed by atoms with Crippen LogP contribution in [0.15, 0.2) is 54.6 Å². The van der Waals surface area contributed by atoms with Crippen LogP contribution in [0.3, 0.4) is 0 Å². The minimum atomic E-state index is -0.0637. The maximum atomic E-state index is 12.2. The minimum Gasteiger partial charge on any atom is -0.350 e. The van der Waals surface area contributed by atoms with Crippen molar-refractivity contribution in [1.82, 2.24) is 5.32 Å². The van der Waals surface area contributed by atoms with E-state index in [2.05, 4.69) is 5.32 Å². The molecule has 0 bridgehead atoms. The Kier molecular flexibility index (Phi) is 6.13. The second-order valence-corrected chi connectivity index (χ2v) is 5.91. The van der Waals surface area contributed by atoms with Gasteiger partial charge in [0.15, 0.2) is 0 Å². The van der Waals surface area contributed by atoms with Gasteiger partial charge in [0.1, 0.15) is 0 Å². The zero-order valence-electron chi connectivity index (χ0n) is 14.5. The predicted octanol–water partition coefficient (Wildman–Crippen LogP) is 3.62. The fraction of sp³-hybridized carbons (Fsp3) is 0.300. The molecule has 2 amide bonds. The first-order valence-corrected chi connectivity index (χ1v) is 8.17. The Hall–Kier alpha value is -2.62. The molecule has 2 rings (SSSR count). The fourth-order valence-electron chi connectivity index (χ4n) is 2.67. The van der Waals surface area contributed by atoms with E-state index in [4.69, 9.17) is 0 Å². The Morgan fingerprint density at radius 1 is 1.04 bits per heavy atom. The lowest BCUT2D eigenvalue weighted by Gasteiger charge is -2.23. The van der Waals surface area contributed by atoms with Crippen molar-refractivity contribution in [2.45, 2.75) is 33.2 Å². The third-order valence-electron chi connectivity index (χ3n) is 4.03. The van der Waals surface area contributed by atoms with Crippen LogP contribution < -0.4 is 10.2 Å². The number of benzene rings is 2. The number of hydrogen-bond donors (Lipinski definition) is 1. The Bertz CT molecular complexity index is 698. The molecule has 0 radical (unpaired) electrons. The molecule has 0 fully saturated rings. The van der Waals surface area contributed by atoms with Gasteiger partial charge in [0.05, 0.1) is 6.04 Å². The van der Waals surface area contributed by atoms with Gasteiger partial charge in [-0.1, -0.05) is 48.5 Å². The molecule has 0 saturated heterocycles. The summed E-state index contributed by atoms with van der Waals surface area (Å²) in [5.41, 5.74) is 2.94. The summed E-state index contributed by atoms with van der Waals surface area (Å²) < 4.78 is 0. The highest BCUT2D eigenvalue weighted by Gasteiger charge is 2.16. The summed E-state index contributed by atoms with van der Waals surface area (Å²) >= 11 is 0. The van der Waals surface area contributed by atoms with Crippen LogP contribution in [0.5, 0.6) is 0 Å². The van der Waals surface area contributed by atoms with E-state index in [1.165, 1.54) is 6.92 Å². The SMILES string of the molecule is CC(=O)N(CCC(=O)NC(C)c1ccccc1)c1ccccc1C. The van der Waals surface area contributed by atoms with Gasteiger partial charge in [0, 0.05) is 25.6 Å². The van der Waals surface area contributed by atoms with E-state index >= 15 is 0 Å². The topological polar surface area (TPSA) is 49.4 Å². The van der Waals surface area contributed by atoms with Crippen molar-refractivity contribution in [3.05, 3.63) is 65.7 Å². The molecule has 2 aromatic rings. The highest BCUT2D eigenvalue weighted by atomic mass is 16.2. The number of carbonyl (C=O) groups is 2. The number of nitrogens with zero attached hydrogens (tertiary/aromatic N) is 1. The van der Waals surface area contributed by atoms with E-state index in [0.29, 0.717) is 6.54 Å². The molecular weight excluding hydrogens is 300 g/mol. The lowest BCUT2D eigenvalue weighted by atomic mass is 10.1. The van der Waals surface area contributed by atoms with Crippen molar-refractivity contribution < 1.29 is 9.59 Å². The average molecular weight is 324 g/mol. The van der Waals surface area contributed by atoms with Crippen molar-refractivity contribution in [1.29, 1.82) is 0 Å². The summed E-state index contributed by atoms with van der Waals surface area (Å²) in [6.45, 7) is 5.81. The molecule has 0 saturated carbocycles. The lowest BCUT2D eigenvalue weighted by Crippen LogP contribution is -2.35. The normalized spacial score (nSPS) is 11.6. The fourth-order valence-corrected chi connectivity index (χ4v) is 2.67. The van der Waals surface area contributed by atoms with Gasteiger partial charge in [-0.3, -0.25) is 9.59 Å². The second-order valence-electron chi connectivity index (χ2n) is 5.91. The number of rotatable bonds is 6. The summed E-state index contributed by atoms with van der Waals surface area (Å²) in [6, 6.07) is 17.5. The van der Waals surface area contributed by atoms with Crippen LogP contribution >= 0.6 is 0 Å². The number of para-hydroxylation sites is 1. The first-order chi connectivity index (χ1) is 11.5. The Balaban J connectivity index is 1.96. The van der Waals surface area contributed by atoms with Gasteiger partial charge in [0.25, 0.3) is 0 Å². The molecule has 4 heteroatoms. The summed E-state index contributed by atoms with van der Waals surface area (Å²) in [6.07, 6.45) is 0.269. The number of aryl methyl sites for hydroxylation is 1. The van der Waals surface area contributed by atoms with E-state index in [1.807, 2.05) is 68.4 Å². The maximum absolute atomic E-state index is 12.2. The standard InChI is InChI=1S/C20H24N2O2/c1-15-9-7-8-12-19(15)22(17(3)23)14-13-20(24)21-16(2)18-10-5-4-6-11-18/h4-12,16H,13-14H2,1-3H3,(H,21,24). The van der Waals surface area contributed by atoms with Crippen LogP contribution in [0.25, 0.3) is 0 Å². The largest absolute Gasteiger partial charge is 0.350 e. The number of nitrogens with one attached hydrogen (secondary N) is 1. The first kappa shape index (κ1) is 17.7. The van der Waals surface area contributed by atoms with Crippen molar-refractivity contribution in [2.24, 2.45) is 0 Å². The molecule has 2 aromatic carbocycles. The molecule has 0 aromatic heterocycles.